The van der Waals surface area contributed by atoms with Gasteiger partial charge < -0.3 is 14.8 Å². The van der Waals surface area contributed by atoms with E-state index in [0.29, 0.717) is 6.04 Å². The smallest absolute Gasteiger partial charge is 0.169 e. The maximum atomic E-state index is 5.06. The number of hydrogen-bond donors (Lipinski definition) is 1. The van der Waals surface area contributed by atoms with Crippen LogP contribution >= 0.6 is 11.8 Å². The zero-order chi connectivity index (χ0) is 10.1. The summed E-state index contributed by atoms with van der Waals surface area (Å²) in [6.45, 7) is 5.09. The summed E-state index contributed by atoms with van der Waals surface area (Å²) in [6, 6.07) is 0.512. The molecule has 13 heavy (non-hydrogen) atoms. The predicted octanol–water partition coefficient (Wildman–Crippen LogP) is 1.34. The summed E-state index contributed by atoms with van der Waals surface area (Å²) >= 11 is 1.94. The Kier molecular flexibility index (Phi) is 8.97. The van der Waals surface area contributed by atoms with E-state index in [1.54, 1.807) is 14.2 Å². The van der Waals surface area contributed by atoms with Crippen LogP contribution in [0.5, 0.6) is 0 Å². The standard InChI is InChI=1S/C9H21NO2S/c1-5-13-7-8(2)10-6-9(11-3)12-4/h8-10H,5-7H2,1-4H3. The van der Waals surface area contributed by atoms with Crippen LogP contribution in [0.1, 0.15) is 13.8 Å². The molecule has 4 heteroatoms. The van der Waals surface area contributed by atoms with Crippen molar-refractivity contribution < 1.29 is 9.47 Å². The molecule has 0 saturated heterocycles. The third kappa shape index (κ3) is 7.31. The predicted molar refractivity (Wildman–Crippen MR) is 58.3 cm³/mol. The van der Waals surface area contributed by atoms with Crippen LogP contribution < -0.4 is 5.32 Å². The van der Waals surface area contributed by atoms with Crippen LogP contribution in [0.3, 0.4) is 0 Å². The Hall–Kier alpha value is 0.230. The maximum Gasteiger partial charge on any atom is 0.169 e. The summed E-state index contributed by atoms with van der Waals surface area (Å²) < 4.78 is 10.1. The third-order valence-electron chi connectivity index (χ3n) is 1.73. The van der Waals surface area contributed by atoms with Crippen molar-refractivity contribution in [3.05, 3.63) is 0 Å². The summed E-state index contributed by atoms with van der Waals surface area (Å²) in [5, 5.41) is 3.35. The van der Waals surface area contributed by atoms with Crippen LogP contribution in [0.2, 0.25) is 0 Å². The van der Waals surface area contributed by atoms with Crippen molar-refractivity contribution in [2.45, 2.75) is 26.2 Å². The Morgan fingerprint density at radius 3 is 2.38 bits per heavy atom. The van der Waals surface area contributed by atoms with Crippen molar-refractivity contribution in [2.75, 3.05) is 32.3 Å². The number of rotatable bonds is 8. The van der Waals surface area contributed by atoms with Crippen LogP contribution in [0.4, 0.5) is 0 Å². The molecule has 0 fully saturated rings. The molecule has 0 aromatic rings. The highest BCUT2D eigenvalue weighted by Crippen LogP contribution is 2.01. The molecule has 0 aliphatic heterocycles. The molecule has 0 heterocycles. The molecule has 3 nitrogen and oxygen atoms in total. The number of nitrogens with one attached hydrogen (secondary N) is 1. The van der Waals surface area contributed by atoms with Gasteiger partial charge >= 0.3 is 0 Å². The van der Waals surface area contributed by atoms with Crippen LogP contribution in [-0.2, 0) is 9.47 Å². The van der Waals surface area contributed by atoms with Crippen molar-refractivity contribution in [1.82, 2.24) is 5.32 Å². The van der Waals surface area contributed by atoms with E-state index >= 15 is 0 Å². The van der Waals surface area contributed by atoms with Gasteiger partial charge in [0, 0.05) is 32.6 Å². The lowest BCUT2D eigenvalue weighted by Gasteiger charge is -2.18. The molecule has 1 N–H and O–H groups in total. The molecule has 0 radical (unpaired) electrons. The first kappa shape index (κ1) is 13.2. The van der Waals surface area contributed by atoms with Gasteiger partial charge in [0.2, 0.25) is 0 Å². The van der Waals surface area contributed by atoms with Gasteiger partial charge in [-0.2, -0.15) is 11.8 Å². The minimum Gasteiger partial charge on any atom is -0.355 e. The fourth-order valence-electron chi connectivity index (χ4n) is 0.914. The topological polar surface area (TPSA) is 30.5 Å². The lowest BCUT2D eigenvalue weighted by Crippen LogP contribution is -2.36. The van der Waals surface area contributed by atoms with Crippen molar-refractivity contribution >= 4 is 11.8 Å². The van der Waals surface area contributed by atoms with E-state index in [2.05, 4.69) is 19.2 Å². The van der Waals surface area contributed by atoms with E-state index in [4.69, 9.17) is 9.47 Å². The van der Waals surface area contributed by atoms with Crippen LogP contribution in [0.15, 0.2) is 0 Å². The van der Waals surface area contributed by atoms with Crippen molar-refractivity contribution in [2.24, 2.45) is 0 Å². The fourth-order valence-corrected chi connectivity index (χ4v) is 1.62. The molecular formula is C9H21NO2S. The summed E-state index contributed by atoms with van der Waals surface area (Å²) in [7, 11) is 3.31. The number of hydrogen-bond acceptors (Lipinski definition) is 4. The van der Waals surface area contributed by atoms with Gasteiger partial charge in [0.05, 0.1) is 0 Å². The Balaban J connectivity index is 3.38. The van der Waals surface area contributed by atoms with Crippen LogP contribution in [0, 0.1) is 0 Å². The second-order valence-electron chi connectivity index (χ2n) is 2.87. The summed E-state index contributed by atoms with van der Waals surface area (Å²) in [6.07, 6.45) is -0.130. The zero-order valence-electron chi connectivity index (χ0n) is 9.00. The highest BCUT2D eigenvalue weighted by atomic mass is 32.2. The van der Waals surface area contributed by atoms with E-state index in [0.717, 1.165) is 12.3 Å². The fraction of sp³-hybridized carbons (Fsp3) is 1.00. The Labute approximate surface area is 85.6 Å². The molecule has 1 unspecified atom stereocenters. The molecule has 0 bridgehead atoms. The van der Waals surface area contributed by atoms with Gasteiger partial charge in [0.25, 0.3) is 0 Å². The molecule has 0 amide bonds. The first-order valence-corrected chi connectivity index (χ1v) is 5.76. The average molecular weight is 207 g/mol. The molecule has 0 spiro atoms. The van der Waals surface area contributed by atoms with E-state index < -0.39 is 0 Å². The largest absolute Gasteiger partial charge is 0.355 e. The molecule has 0 aromatic heterocycles. The minimum absolute atomic E-state index is 0.130. The molecule has 1 atom stereocenters. The second-order valence-corrected chi connectivity index (χ2v) is 4.19. The number of methoxy groups -OCH3 is 2. The first-order chi connectivity index (χ1) is 6.24. The van der Waals surface area contributed by atoms with Gasteiger partial charge in [-0.1, -0.05) is 6.92 Å². The molecule has 0 aliphatic carbocycles. The highest BCUT2D eigenvalue weighted by molar-refractivity contribution is 7.99. The number of thioether (sulfide) groups is 1. The normalized spacial score (nSPS) is 13.6. The van der Waals surface area contributed by atoms with E-state index in [1.807, 2.05) is 11.8 Å². The quantitative estimate of drug-likeness (QED) is 0.608. The molecule has 80 valence electrons. The van der Waals surface area contributed by atoms with Crippen LogP contribution in [-0.4, -0.2) is 44.6 Å². The van der Waals surface area contributed by atoms with Gasteiger partial charge in [-0.3, -0.25) is 0 Å². The molecule has 0 aliphatic rings. The van der Waals surface area contributed by atoms with E-state index in [9.17, 15) is 0 Å². The van der Waals surface area contributed by atoms with Gasteiger partial charge in [-0.25, -0.2) is 0 Å². The third-order valence-corrected chi connectivity index (χ3v) is 2.87. The summed E-state index contributed by atoms with van der Waals surface area (Å²) in [5.41, 5.74) is 0. The Bertz CT molecular complexity index is 110. The Morgan fingerprint density at radius 1 is 1.31 bits per heavy atom. The zero-order valence-corrected chi connectivity index (χ0v) is 9.82. The number of ether oxygens (including phenoxy) is 2. The van der Waals surface area contributed by atoms with Gasteiger partial charge in [0.15, 0.2) is 6.29 Å². The second kappa shape index (κ2) is 8.81. The monoisotopic (exact) mass is 207 g/mol. The SMILES string of the molecule is CCSCC(C)NCC(OC)OC. The van der Waals surface area contributed by atoms with E-state index in [1.165, 1.54) is 5.75 Å². The summed E-state index contributed by atoms with van der Waals surface area (Å²) in [4.78, 5) is 0. The highest BCUT2D eigenvalue weighted by Gasteiger charge is 2.06. The van der Waals surface area contributed by atoms with Gasteiger partial charge in [-0.05, 0) is 12.7 Å². The minimum atomic E-state index is -0.130. The molecule has 0 rings (SSSR count). The maximum absolute atomic E-state index is 5.06. The van der Waals surface area contributed by atoms with Crippen molar-refractivity contribution in [1.29, 1.82) is 0 Å². The molecule has 0 aromatic carbocycles. The van der Waals surface area contributed by atoms with Crippen molar-refractivity contribution in [3.8, 4) is 0 Å². The lowest BCUT2D eigenvalue weighted by atomic mass is 10.4. The van der Waals surface area contributed by atoms with Gasteiger partial charge in [0.1, 0.15) is 0 Å². The molecule has 0 saturated carbocycles. The van der Waals surface area contributed by atoms with Crippen molar-refractivity contribution in [3.63, 3.8) is 0 Å². The first-order valence-electron chi connectivity index (χ1n) is 4.61. The lowest BCUT2D eigenvalue weighted by molar-refractivity contribution is -0.0994. The summed E-state index contributed by atoms with van der Waals surface area (Å²) in [5.74, 6) is 2.31. The molecular weight excluding hydrogens is 186 g/mol. The Morgan fingerprint density at radius 2 is 1.92 bits per heavy atom. The van der Waals surface area contributed by atoms with Gasteiger partial charge in [-0.15, -0.1) is 0 Å². The van der Waals surface area contributed by atoms with E-state index in [-0.39, 0.29) is 6.29 Å². The van der Waals surface area contributed by atoms with Crippen LogP contribution in [0.25, 0.3) is 0 Å². The average Bonchev–Trinajstić information content (AvgIpc) is 2.16.